The highest BCUT2D eigenvalue weighted by Crippen LogP contribution is 2.32. The van der Waals surface area contributed by atoms with Crippen molar-refractivity contribution in [3.8, 4) is 0 Å². The molecule has 2 unspecified atom stereocenters. The van der Waals surface area contributed by atoms with Gasteiger partial charge in [0.1, 0.15) is 5.67 Å². The molecule has 3 rings (SSSR count). The van der Waals surface area contributed by atoms with Crippen LogP contribution >= 0.6 is 0 Å². The number of nitrogens with one attached hydrogen (secondary N) is 1. The van der Waals surface area contributed by atoms with E-state index >= 15 is 4.39 Å². The van der Waals surface area contributed by atoms with Crippen LogP contribution in [0.15, 0.2) is 36.5 Å². The molecule has 2 atom stereocenters. The van der Waals surface area contributed by atoms with Crippen molar-refractivity contribution in [3.63, 3.8) is 0 Å². The van der Waals surface area contributed by atoms with Crippen molar-refractivity contribution < 1.29 is 9.13 Å². The zero-order chi connectivity index (χ0) is 14.0. The Balaban J connectivity index is 1.83. The van der Waals surface area contributed by atoms with E-state index in [0.29, 0.717) is 25.2 Å². The SMILES string of the molecule is CC(F)(CC1COCCN1)c1ccc2cccnc2c1. The normalized spacial score (nSPS) is 22.6. The van der Waals surface area contributed by atoms with Gasteiger partial charge in [0, 0.05) is 30.6 Å². The molecule has 4 heteroatoms. The summed E-state index contributed by atoms with van der Waals surface area (Å²) in [6, 6.07) is 9.57. The molecule has 1 saturated heterocycles. The standard InChI is InChI=1S/C16H19FN2O/c1-16(17,10-14-11-20-8-7-18-14)13-5-4-12-3-2-6-19-15(12)9-13/h2-6,9,14,18H,7-8,10-11H2,1H3. The Morgan fingerprint density at radius 2 is 2.35 bits per heavy atom. The minimum Gasteiger partial charge on any atom is -0.379 e. The van der Waals surface area contributed by atoms with Crippen molar-refractivity contribution in [1.29, 1.82) is 0 Å². The van der Waals surface area contributed by atoms with E-state index in [4.69, 9.17) is 4.74 Å². The number of nitrogens with zero attached hydrogens (tertiary/aromatic N) is 1. The van der Waals surface area contributed by atoms with Gasteiger partial charge >= 0.3 is 0 Å². The van der Waals surface area contributed by atoms with Crippen LogP contribution in [0.3, 0.4) is 0 Å². The second-order valence-corrected chi connectivity index (χ2v) is 5.54. The number of fused-ring (bicyclic) bond motifs is 1. The van der Waals surface area contributed by atoms with E-state index in [1.54, 1.807) is 13.1 Å². The summed E-state index contributed by atoms with van der Waals surface area (Å²) < 4.78 is 20.4. The largest absolute Gasteiger partial charge is 0.379 e. The fraction of sp³-hybridized carbons (Fsp3) is 0.438. The number of rotatable bonds is 3. The first-order chi connectivity index (χ1) is 9.65. The Morgan fingerprint density at radius 1 is 1.45 bits per heavy atom. The zero-order valence-corrected chi connectivity index (χ0v) is 11.6. The van der Waals surface area contributed by atoms with Crippen molar-refractivity contribution >= 4 is 10.9 Å². The average molecular weight is 274 g/mol. The van der Waals surface area contributed by atoms with E-state index in [-0.39, 0.29) is 6.04 Å². The first-order valence-corrected chi connectivity index (χ1v) is 7.00. The molecule has 106 valence electrons. The Morgan fingerprint density at radius 3 is 3.15 bits per heavy atom. The van der Waals surface area contributed by atoms with Crippen LogP contribution in [0.2, 0.25) is 0 Å². The van der Waals surface area contributed by atoms with Gasteiger partial charge in [-0.15, -0.1) is 0 Å². The number of halogens is 1. The van der Waals surface area contributed by atoms with Gasteiger partial charge in [0.05, 0.1) is 18.7 Å². The van der Waals surface area contributed by atoms with Crippen LogP contribution in [0, 0.1) is 0 Å². The van der Waals surface area contributed by atoms with Gasteiger partial charge in [0.2, 0.25) is 0 Å². The summed E-state index contributed by atoms with van der Waals surface area (Å²) >= 11 is 0. The highest BCUT2D eigenvalue weighted by atomic mass is 19.1. The Kier molecular flexibility index (Phi) is 3.68. The molecule has 3 nitrogen and oxygen atoms in total. The predicted octanol–water partition coefficient (Wildman–Crippen LogP) is 2.80. The summed E-state index contributed by atoms with van der Waals surface area (Å²) in [5.74, 6) is 0. The van der Waals surface area contributed by atoms with E-state index in [0.717, 1.165) is 17.4 Å². The van der Waals surface area contributed by atoms with E-state index in [2.05, 4.69) is 10.3 Å². The molecular formula is C16H19FN2O. The number of morpholine rings is 1. The van der Waals surface area contributed by atoms with Gasteiger partial charge in [0.25, 0.3) is 0 Å². The van der Waals surface area contributed by atoms with Crippen molar-refractivity contribution in [3.05, 3.63) is 42.1 Å². The molecule has 1 fully saturated rings. The molecule has 0 saturated carbocycles. The van der Waals surface area contributed by atoms with Crippen LogP contribution in [-0.4, -0.2) is 30.8 Å². The Hall–Kier alpha value is -1.52. The van der Waals surface area contributed by atoms with Crippen LogP contribution in [0.4, 0.5) is 4.39 Å². The van der Waals surface area contributed by atoms with Gasteiger partial charge in [-0.2, -0.15) is 0 Å². The third kappa shape index (κ3) is 2.81. The minimum absolute atomic E-state index is 0.0678. The topological polar surface area (TPSA) is 34.1 Å². The molecule has 0 spiro atoms. The van der Waals surface area contributed by atoms with Gasteiger partial charge in [-0.25, -0.2) is 4.39 Å². The molecule has 0 bridgehead atoms. The highest BCUT2D eigenvalue weighted by molar-refractivity contribution is 5.79. The molecular weight excluding hydrogens is 255 g/mol. The molecule has 0 aliphatic carbocycles. The minimum atomic E-state index is -1.38. The maximum atomic E-state index is 15.0. The van der Waals surface area contributed by atoms with Crippen LogP contribution < -0.4 is 5.32 Å². The molecule has 0 amide bonds. The Labute approximate surface area is 118 Å². The zero-order valence-electron chi connectivity index (χ0n) is 11.6. The monoisotopic (exact) mass is 274 g/mol. The van der Waals surface area contributed by atoms with Crippen molar-refractivity contribution in [2.45, 2.75) is 25.1 Å². The van der Waals surface area contributed by atoms with Gasteiger partial charge in [-0.1, -0.05) is 18.2 Å². The smallest absolute Gasteiger partial charge is 0.134 e. The third-order valence-corrected chi connectivity index (χ3v) is 3.84. The fourth-order valence-electron chi connectivity index (χ4n) is 2.72. The lowest BCUT2D eigenvalue weighted by Gasteiger charge is -2.30. The number of hydrogen-bond acceptors (Lipinski definition) is 3. The molecule has 1 aromatic heterocycles. The van der Waals surface area contributed by atoms with E-state index in [1.807, 2.05) is 30.3 Å². The molecule has 1 N–H and O–H groups in total. The number of alkyl halides is 1. The number of hydrogen-bond donors (Lipinski definition) is 1. The average Bonchev–Trinajstić information content (AvgIpc) is 2.47. The first kappa shape index (κ1) is 13.5. The van der Waals surface area contributed by atoms with Crippen LogP contribution in [-0.2, 0) is 10.4 Å². The molecule has 1 aliphatic rings. The number of benzene rings is 1. The molecule has 2 heterocycles. The van der Waals surface area contributed by atoms with Crippen LogP contribution in [0.1, 0.15) is 18.9 Å². The van der Waals surface area contributed by atoms with Gasteiger partial charge in [-0.3, -0.25) is 4.98 Å². The maximum Gasteiger partial charge on any atom is 0.134 e. The number of pyridine rings is 1. The summed E-state index contributed by atoms with van der Waals surface area (Å²) in [6.45, 7) is 3.71. The van der Waals surface area contributed by atoms with Crippen molar-refractivity contribution in [2.24, 2.45) is 0 Å². The van der Waals surface area contributed by atoms with Crippen molar-refractivity contribution in [2.75, 3.05) is 19.8 Å². The molecule has 1 aromatic carbocycles. The fourth-order valence-corrected chi connectivity index (χ4v) is 2.72. The first-order valence-electron chi connectivity index (χ1n) is 7.00. The summed E-state index contributed by atoms with van der Waals surface area (Å²) in [5, 5.41) is 4.33. The van der Waals surface area contributed by atoms with Crippen molar-refractivity contribution in [1.82, 2.24) is 10.3 Å². The lowest BCUT2D eigenvalue weighted by Crippen LogP contribution is -2.44. The van der Waals surface area contributed by atoms with Gasteiger partial charge in [-0.05, 0) is 24.6 Å². The Bertz CT molecular complexity index is 594. The molecule has 2 aromatic rings. The van der Waals surface area contributed by atoms with E-state index in [1.165, 1.54) is 0 Å². The summed E-state index contributed by atoms with van der Waals surface area (Å²) in [6.07, 6.45) is 2.14. The summed E-state index contributed by atoms with van der Waals surface area (Å²) in [4.78, 5) is 4.30. The van der Waals surface area contributed by atoms with Gasteiger partial charge < -0.3 is 10.1 Å². The van der Waals surface area contributed by atoms with E-state index in [9.17, 15) is 0 Å². The second-order valence-electron chi connectivity index (χ2n) is 5.54. The highest BCUT2D eigenvalue weighted by Gasteiger charge is 2.31. The second kappa shape index (κ2) is 5.46. The quantitative estimate of drug-likeness (QED) is 0.934. The lowest BCUT2D eigenvalue weighted by atomic mass is 9.90. The van der Waals surface area contributed by atoms with Gasteiger partial charge in [0.15, 0.2) is 0 Å². The van der Waals surface area contributed by atoms with Crippen LogP contribution in [0.25, 0.3) is 10.9 Å². The predicted molar refractivity (Wildman–Crippen MR) is 77.4 cm³/mol. The molecule has 20 heavy (non-hydrogen) atoms. The molecule has 0 radical (unpaired) electrons. The third-order valence-electron chi connectivity index (χ3n) is 3.84. The maximum absolute atomic E-state index is 15.0. The number of ether oxygens (including phenoxy) is 1. The van der Waals surface area contributed by atoms with E-state index < -0.39 is 5.67 Å². The summed E-state index contributed by atoms with van der Waals surface area (Å²) in [5.41, 5.74) is 0.127. The number of aromatic nitrogens is 1. The lowest BCUT2D eigenvalue weighted by molar-refractivity contribution is 0.0475. The van der Waals surface area contributed by atoms with Crippen LogP contribution in [0.5, 0.6) is 0 Å². The molecule has 1 aliphatic heterocycles. The summed E-state index contributed by atoms with van der Waals surface area (Å²) in [7, 11) is 0.